The Morgan fingerprint density at radius 2 is 2.16 bits per heavy atom. The third-order valence-electron chi connectivity index (χ3n) is 6.32. The normalized spacial score (nSPS) is 30.4. The van der Waals surface area contributed by atoms with Crippen molar-refractivity contribution in [3.05, 3.63) is 23.1 Å². The number of hydrogen-bond acceptors (Lipinski definition) is 9. The number of aliphatic hydroxyl groups is 1. The molecule has 2 N–H and O–H groups in total. The summed E-state index contributed by atoms with van der Waals surface area (Å²) < 4.78 is 37.7. The smallest absolute Gasteiger partial charge is 0.223 e. The molecule has 1 aromatic carbocycles. The Labute approximate surface area is 188 Å². The molecule has 11 heteroatoms. The number of nitrogens with one attached hydrogen (secondary N) is 1. The highest BCUT2D eigenvalue weighted by molar-refractivity contribution is 6.33. The number of fused-ring (bicyclic) bond motifs is 2. The number of benzene rings is 1. The summed E-state index contributed by atoms with van der Waals surface area (Å²) in [6.07, 6.45) is 0.374. The average Bonchev–Trinajstić information content (AvgIpc) is 3.21. The Bertz CT molecular complexity index is 1070. The summed E-state index contributed by atoms with van der Waals surface area (Å²) in [5.74, 6) is 0.436. The fourth-order valence-corrected chi connectivity index (χ4v) is 4.93. The van der Waals surface area contributed by atoms with Crippen LogP contribution in [0.5, 0.6) is 11.5 Å². The molecule has 0 unspecified atom stereocenters. The Hall–Kier alpha value is -2.40. The minimum Gasteiger partial charge on any atom is -0.488 e. The van der Waals surface area contributed by atoms with Crippen molar-refractivity contribution in [2.75, 3.05) is 36.6 Å². The molecular weight excluding hydrogens is 443 g/mol. The first-order valence-corrected chi connectivity index (χ1v) is 11.0. The summed E-state index contributed by atoms with van der Waals surface area (Å²) in [5.41, 5.74) is 1.35. The van der Waals surface area contributed by atoms with Crippen LogP contribution >= 0.6 is 11.6 Å². The number of aliphatic hydroxyl groups excluding tert-OH is 1. The number of aromatic nitrogens is 2. The van der Waals surface area contributed by atoms with Crippen molar-refractivity contribution in [3.8, 4) is 22.8 Å². The third-order valence-corrected chi connectivity index (χ3v) is 6.60. The fraction of sp³-hybridized carbons (Fsp3) is 0.524. The maximum absolute atomic E-state index is 15.0. The van der Waals surface area contributed by atoms with Crippen LogP contribution in [0.15, 0.2) is 12.3 Å². The minimum atomic E-state index is -0.866. The van der Waals surface area contributed by atoms with Crippen LogP contribution < -0.4 is 19.7 Å². The second kappa shape index (κ2) is 7.58. The van der Waals surface area contributed by atoms with Crippen LogP contribution in [0.3, 0.4) is 0 Å². The molecule has 0 amide bonds. The third kappa shape index (κ3) is 3.16. The van der Waals surface area contributed by atoms with E-state index in [-0.39, 0.29) is 34.9 Å². The van der Waals surface area contributed by atoms with E-state index in [1.54, 1.807) is 0 Å². The van der Waals surface area contributed by atoms with Crippen LogP contribution in [-0.2, 0) is 9.47 Å². The van der Waals surface area contributed by atoms with Crippen molar-refractivity contribution >= 4 is 23.2 Å². The maximum Gasteiger partial charge on any atom is 0.223 e. The Balaban J connectivity index is 1.39. The zero-order valence-electron chi connectivity index (χ0n) is 17.3. The second-order valence-corrected chi connectivity index (χ2v) is 8.85. The lowest BCUT2D eigenvalue weighted by atomic mass is 10.0. The average molecular weight is 465 g/mol. The highest BCUT2D eigenvalue weighted by Gasteiger charge is 2.43. The number of ether oxygens (including phenoxy) is 4. The van der Waals surface area contributed by atoms with Gasteiger partial charge in [-0.2, -0.15) is 0 Å². The fourth-order valence-electron chi connectivity index (χ4n) is 4.74. The van der Waals surface area contributed by atoms with Gasteiger partial charge in [-0.3, -0.25) is 0 Å². The number of nitrogens with zero attached hydrogens (tertiary/aromatic N) is 3. The van der Waals surface area contributed by atoms with Gasteiger partial charge in [0, 0.05) is 5.56 Å². The molecule has 2 saturated heterocycles. The first kappa shape index (κ1) is 20.2. The number of anilines is 2. The Kier molecular flexibility index (Phi) is 4.79. The van der Waals surface area contributed by atoms with Crippen molar-refractivity contribution in [1.29, 1.82) is 0 Å². The summed E-state index contributed by atoms with van der Waals surface area (Å²) in [7, 11) is 0. The van der Waals surface area contributed by atoms with E-state index in [0.29, 0.717) is 55.5 Å². The standard InChI is InChI=1S/C21H22ClFN4O5/c1-9-7-30-18-11(5-13(23)19-16(18)27(9)2-3-29-19)15-12(22)6-24-21(26-15)25-14-4-10-8-31-20(32-10)17(14)28/h5-6,9-10,14,17,20,28H,2-4,7-8H2,1H3,(H,24,25,26)/t9-,10-,14+,17-,20+/m0/s1. The van der Waals surface area contributed by atoms with Crippen LogP contribution in [0.2, 0.25) is 5.02 Å². The molecule has 170 valence electrons. The molecule has 0 aliphatic carbocycles. The molecule has 2 aromatic rings. The second-order valence-electron chi connectivity index (χ2n) is 8.44. The van der Waals surface area contributed by atoms with Crippen LogP contribution in [0.1, 0.15) is 13.3 Å². The molecule has 2 bridgehead atoms. The van der Waals surface area contributed by atoms with Crippen molar-refractivity contribution in [1.82, 2.24) is 9.97 Å². The van der Waals surface area contributed by atoms with Crippen molar-refractivity contribution in [3.63, 3.8) is 0 Å². The van der Waals surface area contributed by atoms with E-state index in [9.17, 15) is 5.11 Å². The van der Waals surface area contributed by atoms with Crippen molar-refractivity contribution in [2.45, 2.75) is 43.9 Å². The van der Waals surface area contributed by atoms with Crippen LogP contribution in [0.25, 0.3) is 11.3 Å². The molecule has 6 rings (SSSR count). The lowest BCUT2D eigenvalue weighted by molar-refractivity contribution is -0.156. The molecule has 4 aliphatic heterocycles. The molecule has 5 heterocycles. The first-order chi connectivity index (χ1) is 15.5. The van der Waals surface area contributed by atoms with E-state index in [1.165, 1.54) is 12.3 Å². The first-order valence-electron chi connectivity index (χ1n) is 10.6. The molecule has 5 atom stereocenters. The van der Waals surface area contributed by atoms with Gasteiger partial charge in [0.2, 0.25) is 5.95 Å². The van der Waals surface area contributed by atoms with Gasteiger partial charge in [-0.15, -0.1) is 0 Å². The zero-order chi connectivity index (χ0) is 22.0. The van der Waals surface area contributed by atoms with Gasteiger partial charge in [-0.1, -0.05) is 11.6 Å². The molecule has 4 aliphatic rings. The number of halogens is 2. The van der Waals surface area contributed by atoms with Crippen LogP contribution in [0.4, 0.5) is 16.0 Å². The van der Waals surface area contributed by atoms with Gasteiger partial charge in [-0.25, -0.2) is 14.4 Å². The lowest BCUT2D eigenvalue weighted by Gasteiger charge is -2.41. The summed E-state index contributed by atoms with van der Waals surface area (Å²) >= 11 is 6.44. The number of hydrogen-bond donors (Lipinski definition) is 2. The van der Waals surface area contributed by atoms with E-state index in [1.807, 2.05) is 6.92 Å². The molecule has 32 heavy (non-hydrogen) atoms. The van der Waals surface area contributed by atoms with Crippen LogP contribution in [0, 0.1) is 5.82 Å². The molecular formula is C21H22ClFN4O5. The van der Waals surface area contributed by atoms with Gasteiger partial charge in [0.1, 0.15) is 25.0 Å². The Morgan fingerprint density at radius 1 is 1.28 bits per heavy atom. The van der Waals surface area contributed by atoms with E-state index >= 15 is 4.39 Å². The Morgan fingerprint density at radius 3 is 3.03 bits per heavy atom. The lowest BCUT2D eigenvalue weighted by Crippen LogP contribution is -2.48. The zero-order valence-corrected chi connectivity index (χ0v) is 18.0. The van der Waals surface area contributed by atoms with Gasteiger partial charge >= 0.3 is 0 Å². The molecule has 2 fully saturated rings. The highest BCUT2D eigenvalue weighted by atomic mass is 35.5. The van der Waals surface area contributed by atoms with E-state index in [4.69, 9.17) is 30.5 Å². The largest absolute Gasteiger partial charge is 0.488 e. The summed E-state index contributed by atoms with van der Waals surface area (Å²) in [4.78, 5) is 10.9. The SMILES string of the molecule is C[C@H]1COc2c(-c3nc(N[C@@H]4C[C@H]5CO[C@H](O5)[C@H]4O)ncc3Cl)cc(F)c3c2N1CCO3. The summed E-state index contributed by atoms with van der Waals surface area (Å²) in [6.45, 7) is 3.98. The topological polar surface area (TPSA) is 98.2 Å². The van der Waals surface area contributed by atoms with Crippen molar-refractivity contribution < 1.29 is 28.4 Å². The quantitative estimate of drug-likeness (QED) is 0.708. The summed E-state index contributed by atoms with van der Waals surface area (Å²) in [6, 6.07) is 1.07. The predicted molar refractivity (Wildman–Crippen MR) is 113 cm³/mol. The maximum atomic E-state index is 15.0. The van der Waals surface area contributed by atoms with E-state index in [0.717, 1.165) is 0 Å². The monoisotopic (exact) mass is 464 g/mol. The van der Waals surface area contributed by atoms with Gasteiger partial charge in [0.05, 0.1) is 48.3 Å². The summed E-state index contributed by atoms with van der Waals surface area (Å²) in [5, 5.41) is 13.9. The number of rotatable bonds is 3. The predicted octanol–water partition coefficient (Wildman–Crippen LogP) is 2.20. The van der Waals surface area contributed by atoms with E-state index < -0.39 is 18.2 Å². The molecule has 0 spiro atoms. The van der Waals surface area contributed by atoms with Crippen LogP contribution in [-0.4, -0.2) is 72.0 Å². The minimum absolute atomic E-state index is 0.0884. The molecule has 9 nitrogen and oxygen atoms in total. The molecule has 0 saturated carbocycles. The van der Waals surface area contributed by atoms with Gasteiger partial charge in [-0.05, 0) is 19.4 Å². The highest BCUT2D eigenvalue weighted by Crippen LogP contribution is 2.51. The molecule has 1 aromatic heterocycles. The van der Waals surface area contributed by atoms with Crippen molar-refractivity contribution in [2.24, 2.45) is 0 Å². The molecule has 0 radical (unpaired) electrons. The van der Waals surface area contributed by atoms with Gasteiger partial charge in [0.15, 0.2) is 23.6 Å². The van der Waals surface area contributed by atoms with Gasteiger partial charge < -0.3 is 34.3 Å². The van der Waals surface area contributed by atoms with Gasteiger partial charge in [0.25, 0.3) is 0 Å². The van der Waals surface area contributed by atoms with E-state index in [2.05, 4.69) is 20.2 Å².